The number of carboxylic acids is 1. The third-order valence-corrected chi connectivity index (χ3v) is 2.32. The van der Waals surface area contributed by atoms with E-state index >= 15 is 0 Å². The number of rotatable bonds is 6. The van der Waals surface area contributed by atoms with Gasteiger partial charge in [0.05, 0.1) is 6.20 Å². The van der Waals surface area contributed by atoms with Gasteiger partial charge in [-0.2, -0.15) is 0 Å². The number of carbonyl (C=O) groups is 2. The average molecular weight is 252 g/mol. The molecule has 1 heterocycles. The summed E-state index contributed by atoms with van der Waals surface area (Å²) in [4.78, 5) is 24.2. The molecule has 18 heavy (non-hydrogen) atoms. The highest BCUT2D eigenvalue weighted by Gasteiger charge is 2.17. The number of aromatic nitrogens is 3. The number of nitrogens with zero attached hydrogens (tertiary/aromatic N) is 4. The Kier molecular flexibility index (Phi) is 4.59. The molecule has 0 bridgehead atoms. The van der Waals surface area contributed by atoms with Crippen LogP contribution in [0.25, 0.3) is 0 Å². The van der Waals surface area contributed by atoms with Crippen molar-refractivity contribution < 1.29 is 14.7 Å². The molecule has 1 rings (SSSR count). The molecule has 7 nitrogen and oxygen atoms in total. The maximum Gasteiger partial charge on any atom is 0.358 e. The van der Waals surface area contributed by atoms with E-state index in [9.17, 15) is 9.59 Å². The summed E-state index contributed by atoms with van der Waals surface area (Å²) < 4.78 is 1.21. The smallest absolute Gasteiger partial charge is 0.358 e. The van der Waals surface area contributed by atoms with Crippen LogP contribution in [0.3, 0.4) is 0 Å². The Morgan fingerprint density at radius 3 is 2.72 bits per heavy atom. The van der Waals surface area contributed by atoms with Gasteiger partial charge in [-0.1, -0.05) is 11.3 Å². The lowest BCUT2D eigenvalue weighted by Gasteiger charge is -2.25. The lowest BCUT2D eigenvalue weighted by molar-refractivity contribution is -0.133. The van der Waals surface area contributed by atoms with E-state index in [0.29, 0.717) is 6.54 Å². The summed E-state index contributed by atoms with van der Waals surface area (Å²) >= 11 is 0. The molecule has 0 fully saturated rings. The summed E-state index contributed by atoms with van der Waals surface area (Å²) in [7, 11) is 0. The number of hydrogen-bond donors (Lipinski definition) is 1. The SMILES string of the molecule is C=CCN(C(=O)Cn1cc(C(=O)O)nn1)C(C)C. The first-order chi connectivity index (χ1) is 8.45. The summed E-state index contributed by atoms with van der Waals surface area (Å²) in [6.45, 7) is 7.79. The molecule has 0 unspecified atom stereocenters. The monoisotopic (exact) mass is 252 g/mol. The molecule has 1 amide bonds. The molecule has 0 radical (unpaired) electrons. The molecular formula is C11H16N4O3. The number of carboxylic acid groups (broad SMARTS) is 1. The maximum absolute atomic E-state index is 12.0. The van der Waals surface area contributed by atoms with Crippen LogP contribution in [0.5, 0.6) is 0 Å². The Bertz CT molecular complexity index is 453. The fourth-order valence-electron chi connectivity index (χ4n) is 1.44. The number of aromatic carboxylic acids is 1. The fourth-order valence-corrected chi connectivity index (χ4v) is 1.44. The Hall–Kier alpha value is -2.18. The van der Waals surface area contributed by atoms with E-state index in [1.807, 2.05) is 13.8 Å². The molecule has 98 valence electrons. The van der Waals surface area contributed by atoms with Crippen molar-refractivity contribution in [3.05, 3.63) is 24.5 Å². The van der Waals surface area contributed by atoms with Crippen LogP contribution in [0.1, 0.15) is 24.3 Å². The van der Waals surface area contributed by atoms with Crippen molar-refractivity contribution >= 4 is 11.9 Å². The molecule has 0 spiro atoms. The minimum atomic E-state index is -1.17. The second-order valence-corrected chi connectivity index (χ2v) is 4.04. The predicted octanol–water partition coefficient (Wildman–Crippen LogP) is 0.399. The van der Waals surface area contributed by atoms with E-state index in [0.717, 1.165) is 0 Å². The standard InChI is InChI=1S/C11H16N4O3/c1-4-5-15(8(2)3)10(16)7-14-6-9(11(17)18)12-13-14/h4,6,8H,1,5,7H2,2-3H3,(H,17,18). The van der Waals surface area contributed by atoms with E-state index in [-0.39, 0.29) is 24.2 Å². The number of hydrogen-bond acceptors (Lipinski definition) is 4. The minimum Gasteiger partial charge on any atom is -0.476 e. The van der Waals surface area contributed by atoms with Crippen LogP contribution in [0.2, 0.25) is 0 Å². The second kappa shape index (κ2) is 5.95. The Labute approximate surface area is 105 Å². The van der Waals surface area contributed by atoms with Crippen molar-refractivity contribution in [2.45, 2.75) is 26.4 Å². The van der Waals surface area contributed by atoms with Crippen molar-refractivity contribution in [3.63, 3.8) is 0 Å². The fraction of sp³-hybridized carbons (Fsp3) is 0.455. The van der Waals surface area contributed by atoms with Crippen LogP contribution in [0.4, 0.5) is 0 Å². The first-order valence-corrected chi connectivity index (χ1v) is 5.49. The summed E-state index contributed by atoms with van der Waals surface area (Å²) in [5, 5.41) is 15.7. The van der Waals surface area contributed by atoms with Crippen LogP contribution in [-0.4, -0.2) is 49.5 Å². The molecular weight excluding hydrogens is 236 g/mol. The van der Waals surface area contributed by atoms with Crippen LogP contribution in [0, 0.1) is 0 Å². The highest BCUT2D eigenvalue weighted by atomic mass is 16.4. The van der Waals surface area contributed by atoms with E-state index in [1.54, 1.807) is 11.0 Å². The van der Waals surface area contributed by atoms with Crippen molar-refractivity contribution in [1.82, 2.24) is 19.9 Å². The lowest BCUT2D eigenvalue weighted by Crippen LogP contribution is -2.39. The van der Waals surface area contributed by atoms with Crippen LogP contribution < -0.4 is 0 Å². The number of amides is 1. The van der Waals surface area contributed by atoms with E-state index in [4.69, 9.17) is 5.11 Å². The third kappa shape index (κ3) is 3.41. The third-order valence-electron chi connectivity index (χ3n) is 2.32. The zero-order valence-corrected chi connectivity index (χ0v) is 10.4. The zero-order valence-electron chi connectivity index (χ0n) is 10.4. The first kappa shape index (κ1) is 13.9. The Morgan fingerprint density at radius 2 is 2.28 bits per heavy atom. The Balaban J connectivity index is 2.72. The van der Waals surface area contributed by atoms with Crippen molar-refractivity contribution in [2.75, 3.05) is 6.54 Å². The molecule has 0 saturated carbocycles. The van der Waals surface area contributed by atoms with Gasteiger partial charge in [-0.05, 0) is 13.8 Å². The Morgan fingerprint density at radius 1 is 1.61 bits per heavy atom. The molecule has 0 aliphatic rings. The van der Waals surface area contributed by atoms with Gasteiger partial charge in [0.15, 0.2) is 5.69 Å². The summed E-state index contributed by atoms with van der Waals surface area (Å²) in [5.74, 6) is -1.33. The van der Waals surface area contributed by atoms with Crippen LogP contribution >= 0.6 is 0 Å². The van der Waals surface area contributed by atoms with E-state index < -0.39 is 5.97 Å². The lowest BCUT2D eigenvalue weighted by atomic mass is 10.3. The molecule has 7 heteroatoms. The molecule has 0 atom stereocenters. The van der Waals surface area contributed by atoms with Crippen molar-refractivity contribution in [1.29, 1.82) is 0 Å². The molecule has 0 saturated heterocycles. The van der Waals surface area contributed by atoms with Gasteiger partial charge in [0.1, 0.15) is 6.54 Å². The molecule has 1 N–H and O–H groups in total. The van der Waals surface area contributed by atoms with E-state index in [1.165, 1.54) is 10.9 Å². The predicted molar refractivity (Wildman–Crippen MR) is 64.0 cm³/mol. The van der Waals surface area contributed by atoms with Crippen molar-refractivity contribution in [3.8, 4) is 0 Å². The van der Waals surface area contributed by atoms with Gasteiger partial charge in [0.25, 0.3) is 0 Å². The topological polar surface area (TPSA) is 88.3 Å². The van der Waals surface area contributed by atoms with Crippen LogP contribution in [-0.2, 0) is 11.3 Å². The van der Waals surface area contributed by atoms with Crippen molar-refractivity contribution in [2.24, 2.45) is 0 Å². The van der Waals surface area contributed by atoms with Gasteiger partial charge in [-0.25, -0.2) is 9.48 Å². The highest BCUT2D eigenvalue weighted by Crippen LogP contribution is 2.01. The summed E-state index contributed by atoms with van der Waals surface area (Å²) in [6, 6.07) is 0.0398. The highest BCUT2D eigenvalue weighted by molar-refractivity contribution is 5.84. The van der Waals surface area contributed by atoms with E-state index in [2.05, 4.69) is 16.9 Å². The minimum absolute atomic E-state index is 0.0354. The first-order valence-electron chi connectivity index (χ1n) is 5.49. The van der Waals surface area contributed by atoms with Gasteiger partial charge >= 0.3 is 5.97 Å². The molecule has 1 aromatic rings. The average Bonchev–Trinajstić information content (AvgIpc) is 2.73. The quantitative estimate of drug-likeness (QED) is 0.740. The van der Waals surface area contributed by atoms with Gasteiger partial charge in [0.2, 0.25) is 5.91 Å². The van der Waals surface area contributed by atoms with Gasteiger partial charge in [0, 0.05) is 12.6 Å². The zero-order chi connectivity index (χ0) is 13.7. The molecule has 0 aromatic carbocycles. The van der Waals surface area contributed by atoms with Crippen LogP contribution in [0.15, 0.2) is 18.9 Å². The van der Waals surface area contributed by atoms with Gasteiger partial charge in [-0.3, -0.25) is 4.79 Å². The maximum atomic E-state index is 12.0. The largest absolute Gasteiger partial charge is 0.476 e. The summed E-state index contributed by atoms with van der Waals surface area (Å²) in [5.41, 5.74) is -0.178. The van der Waals surface area contributed by atoms with Gasteiger partial charge in [-0.15, -0.1) is 11.7 Å². The molecule has 1 aromatic heterocycles. The summed E-state index contributed by atoms with van der Waals surface area (Å²) in [6.07, 6.45) is 2.87. The normalized spacial score (nSPS) is 10.4. The number of carbonyl (C=O) groups excluding carboxylic acids is 1. The molecule has 0 aliphatic carbocycles. The second-order valence-electron chi connectivity index (χ2n) is 4.04. The molecule has 0 aliphatic heterocycles. The van der Waals surface area contributed by atoms with Gasteiger partial charge < -0.3 is 10.0 Å².